The van der Waals surface area contributed by atoms with Crippen LogP contribution in [-0.4, -0.2) is 35.3 Å². The van der Waals surface area contributed by atoms with E-state index in [0.29, 0.717) is 11.9 Å². The van der Waals surface area contributed by atoms with E-state index in [9.17, 15) is 0 Å². The van der Waals surface area contributed by atoms with Gasteiger partial charge in [-0.3, -0.25) is 0 Å². The Morgan fingerprint density at radius 3 is 2.58 bits per heavy atom. The SMILES string of the molecule is CSc1ccccc1Nc1nc(N)nc(N(C)C)n1. The van der Waals surface area contributed by atoms with Crippen LogP contribution in [0.4, 0.5) is 23.5 Å². The Labute approximate surface area is 116 Å². The standard InChI is InChI=1S/C12H16N6S/c1-18(2)12-16-10(13)15-11(17-12)14-8-6-4-5-7-9(8)19-3/h4-7H,1-3H3,(H3,13,14,15,16,17). The molecule has 0 aliphatic rings. The third-order valence-electron chi connectivity index (χ3n) is 2.39. The smallest absolute Gasteiger partial charge is 0.233 e. The molecule has 1 aromatic carbocycles. The fourth-order valence-electron chi connectivity index (χ4n) is 1.50. The second-order valence-corrected chi connectivity index (χ2v) is 4.89. The number of nitrogens with one attached hydrogen (secondary N) is 1. The summed E-state index contributed by atoms with van der Waals surface area (Å²) in [5, 5.41) is 3.17. The number of hydrogen-bond donors (Lipinski definition) is 2. The van der Waals surface area contributed by atoms with Crippen molar-refractivity contribution in [3.8, 4) is 0 Å². The van der Waals surface area contributed by atoms with E-state index in [4.69, 9.17) is 5.73 Å². The van der Waals surface area contributed by atoms with E-state index in [0.717, 1.165) is 10.6 Å². The molecule has 1 heterocycles. The number of nitrogens with zero attached hydrogens (tertiary/aromatic N) is 4. The molecule has 2 aromatic rings. The third-order valence-corrected chi connectivity index (χ3v) is 3.19. The quantitative estimate of drug-likeness (QED) is 0.826. The van der Waals surface area contributed by atoms with Crippen molar-refractivity contribution in [2.45, 2.75) is 4.90 Å². The highest BCUT2D eigenvalue weighted by Crippen LogP contribution is 2.26. The van der Waals surface area contributed by atoms with Gasteiger partial charge in [-0.1, -0.05) is 12.1 Å². The van der Waals surface area contributed by atoms with Crippen molar-refractivity contribution in [1.29, 1.82) is 0 Å². The first-order valence-corrected chi connectivity index (χ1v) is 6.91. The highest BCUT2D eigenvalue weighted by Gasteiger charge is 2.08. The number of thioether (sulfide) groups is 1. The Morgan fingerprint density at radius 2 is 1.89 bits per heavy atom. The molecule has 0 aliphatic carbocycles. The van der Waals surface area contributed by atoms with Gasteiger partial charge in [0.05, 0.1) is 5.69 Å². The average molecular weight is 276 g/mol. The number of aromatic nitrogens is 3. The Kier molecular flexibility index (Phi) is 4.06. The van der Waals surface area contributed by atoms with Crippen LogP contribution in [0.15, 0.2) is 29.2 Å². The van der Waals surface area contributed by atoms with Gasteiger partial charge in [0.15, 0.2) is 0 Å². The zero-order valence-corrected chi connectivity index (χ0v) is 11.9. The van der Waals surface area contributed by atoms with Gasteiger partial charge in [-0.05, 0) is 18.4 Å². The lowest BCUT2D eigenvalue weighted by Crippen LogP contribution is -2.15. The van der Waals surface area contributed by atoms with E-state index in [2.05, 4.69) is 20.3 Å². The van der Waals surface area contributed by atoms with Gasteiger partial charge in [0.25, 0.3) is 0 Å². The minimum absolute atomic E-state index is 0.197. The van der Waals surface area contributed by atoms with Gasteiger partial charge >= 0.3 is 0 Å². The first-order valence-electron chi connectivity index (χ1n) is 5.69. The second-order valence-electron chi connectivity index (χ2n) is 4.04. The van der Waals surface area contributed by atoms with Gasteiger partial charge in [0.1, 0.15) is 0 Å². The summed E-state index contributed by atoms with van der Waals surface area (Å²) >= 11 is 1.65. The van der Waals surface area contributed by atoms with Crippen LogP contribution in [0.3, 0.4) is 0 Å². The molecule has 3 N–H and O–H groups in total. The molecule has 0 fully saturated rings. The van der Waals surface area contributed by atoms with Crippen LogP contribution in [0.5, 0.6) is 0 Å². The van der Waals surface area contributed by atoms with Crippen LogP contribution in [0.2, 0.25) is 0 Å². The highest BCUT2D eigenvalue weighted by molar-refractivity contribution is 7.98. The van der Waals surface area contributed by atoms with E-state index in [1.165, 1.54) is 0 Å². The van der Waals surface area contributed by atoms with Crippen LogP contribution in [-0.2, 0) is 0 Å². The first-order chi connectivity index (χ1) is 9.10. The summed E-state index contributed by atoms with van der Waals surface area (Å²) in [5.41, 5.74) is 6.64. The predicted molar refractivity (Wildman–Crippen MR) is 80.1 cm³/mol. The molecule has 19 heavy (non-hydrogen) atoms. The van der Waals surface area contributed by atoms with Crippen molar-refractivity contribution < 1.29 is 0 Å². The third kappa shape index (κ3) is 3.25. The Hall–Kier alpha value is -2.02. The fraction of sp³-hybridized carbons (Fsp3) is 0.250. The van der Waals surface area contributed by atoms with Crippen LogP contribution >= 0.6 is 11.8 Å². The topological polar surface area (TPSA) is 80.0 Å². The van der Waals surface area contributed by atoms with Crippen molar-refractivity contribution in [3.63, 3.8) is 0 Å². The van der Waals surface area contributed by atoms with Gasteiger partial charge in [0, 0.05) is 19.0 Å². The molecule has 0 bridgehead atoms. The minimum atomic E-state index is 0.197. The fourth-order valence-corrected chi connectivity index (χ4v) is 2.06. The van der Waals surface area contributed by atoms with Crippen molar-refractivity contribution in [3.05, 3.63) is 24.3 Å². The summed E-state index contributed by atoms with van der Waals surface area (Å²) in [4.78, 5) is 15.4. The minimum Gasteiger partial charge on any atom is -0.368 e. The van der Waals surface area contributed by atoms with Gasteiger partial charge < -0.3 is 16.0 Å². The second kappa shape index (κ2) is 5.75. The maximum absolute atomic E-state index is 5.69. The normalized spacial score (nSPS) is 10.3. The van der Waals surface area contributed by atoms with Crippen LogP contribution in [0, 0.1) is 0 Å². The molecular weight excluding hydrogens is 260 g/mol. The molecule has 1 aromatic heterocycles. The molecule has 0 spiro atoms. The molecular formula is C12H16N6S. The molecule has 100 valence electrons. The molecule has 0 unspecified atom stereocenters. The van der Waals surface area contributed by atoms with Crippen molar-refractivity contribution in [2.75, 3.05) is 36.3 Å². The van der Waals surface area contributed by atoms with Gasteiger partial charge in [-0.25, -0.2) is 0 Å². The average Bonchev–Trinajstić information content (AvgIpc) is 2.38. The maximum Gasteiger partial charge on any atom is 0.233 e. The summed E-state index contributed by atoms with van der Waals surface area (Å²) in [6.07, 6.45) is 2.02. The Bertz CT molecular complexity index is 572. The van der Waals surface area contributed by atoms with E-state index >= 15 is 0 Å². The van der Waals surface area contributed by atoms with Crippen LogP contribution < -0.4 is 16.0 Å². The number of hydrogen-bond acceptors (Lipinski definition) is 7. The Balaban J connectivity index is 2.32. The molecule has 0 atom stereocenters. The summed E-state index contributed by atoms with van der Waals surface area (Å²) in [6, 6.07) is 7.95. The molecule has 2 rings (SSSR count). The molecule has 0 saturated carbocycles. The van der Waals surface area contributed by atoms with E-state index < -0.39 is 0 Å². The number of para-hydroxylation sites is 1. The molecule has 7 heteroatoms. The van der Waals surface area contributed by atoms with Crippen molar-refractivity contribution in [2.24, 2.45) is 0 Å². The van der Waals surface area contributed by atoms with Crippen LogP contribution in [0.1, 0.15) is 0 Å². The Morgan fingerprint density at radius 1 is 1.16 bits per heavy atom. The summed E-state index contributed by atoms with van der Waals surface area (Å²) in [5.74, 6) is 1.16. The molecule has 6 nitrogen and oxygen atoms in total. The summed E-state index contributed by atoms with van der Waals surface area (Å²) in [6.45, 7) is 0. The summed E-state index contributed by atoms with van der Waals surface area (Å²) < 4.78 is 0. The number of nitrogen functional groups attached to an aromatic ring is 1. The van der Waals surface area contributed by atoms with Gasteiger partial charge in [0.2, 0.25) is 17.8 Å². The van der Waals surface area contributed by atoms with E-state index in [1.54, 1.807) is 16.7 Å². The van der Waals surface area contributed by atoms with Crippen molar-refractivity contribution in [1.82, 2.24) is 15.0 Å². The molecule has 0 saturated heterocycles. The van der Waals surface area contributed by atoms with Crippen molar-refractivity contribution >= 4 is 35.3 Å². The highest BCUT2D eigenvalue weighted by atomic mass is 32.2. The van der Waals surface area contributed by atoms with Crippen LogP contribution in [0.25, 0.3) is 0 Å². The number of rotatable bonds is 4. The zero-order valence-electron chi connectivity index (χ0n) is 11.1. The first kappa shape index (κ1) is 13.4. The summed E-state index contributed by atoms with van der Waals surface area (Å²) in [7, 11) is 3.71. The maximum atomic E-state index is 5.69. The van der Waals surface area contributed by atoms with E-state index in [-0.39, 0.29) is 5.95 Å². The largest absolute Gasteiger partial charge is 0.368 e. The lowest BCUT2D eigenvalue weighted by Gasteiger charge is -2.13. The lowest BCUT2D eigenvalue weighted by molar-refractivity contribution is 0.969. The van der Waals surface area contributed by atoms with Gasteiger partial charge in [-0.15, -0.1) is 11.8 Å². The number of nitrogens with two attached hydrogens (primary N) is 1. The molecule has 0 aliphatic heterocycles. The number of anilines is 4. The van der Waals surface area contributed by atoms with Gasteiger partial charge in [-0.2, -0.15) is 15.0 Å². The molecule has 0 radical (unpaired) electrons. The number of benzene rings is 1. The lowest BCUT2D eigenvalue weighted by atomic mass is 10.3. The molecule has 0 amide bonds. The predicted octanol–water partition coefficient (Wildman–Crippen LogP) is 1.99. The monoisotopic (exact) mass is 276 g/mol. The zero-order chi connectivity index (χ0) is 13.8. The van der Waals surface area contributed by atoms with E-state index in [1.807, 2.05) is 44.6 Å².